The quantitative estimate of drug-likeness (QED) is 0.694. The van der Waals surface area contributed by atoms with Crippen LogP contribution in [0.3, 0.4) is 0 Å². The molecule has 0 aliphatic rings. The highest BCUT2D eigenvalue weighted by Gasteiger charge is 2.09. The number of nitrogens with zero attached hydrogens (tertiary/aromatic N) is 3. The Morgan fingerprint density at radius 1 is 1.23 bits per heavy atom. The van der Waals surface area contributed by atoms with Crippen molar-refractivity contribution in [2.45, 2.75) is 19.9 Å². The zero-order valence-corrected chi connectivity index (χ0v) is 14.5. The molecule has 0 spiro atoms. The summed E-state index contributed by atoms with van der Waals surface area (Å²) in [5, 5.41) is 2.78. The first kappa shape index (κ1) is 17.4. The van der Waals surface area contributed by atoms with E-state index in [1.807, 2.05) is 42.0 Å². The Kier molecular flexibility index (Phi) is 4.83. The predicted octanol–water partition coefficient (Wildman–Crippen LogP) is 0.427. The number of aryl methyl sites for hydroxylation is 1. The molecule has 3 rings (SSSR count). The summed E-state index contributed by atoms with van der Waals surface area (Å²) >= 11 is 0. The minimum Gasteiger partial charge on any atom is -0.352 e. The third kappa shape index (κ3) is 3.64. The summed E-state index contributed by atoms with van der Waals surface area (Å²) in [6.07, 6.45) is 4.82. The van der Waals surface area contributed by atoms with Gasteiger partial charge in [0.25, 0.3) is 5.56 Å². The van der Waals surface area contributed by atoms with E-state index in [4.69, 9.17) is 0 Å². The fourth-order valence-corrected chi connectivity index (χ4v) is 2.60. The van der Waals surface area contributed by atoms with Crippen molar-refractivity contribution in [3.8, 4) is 5.69 Å². The van der Waals surface area contributed by atoms with Crippen molar-refractivity contribution in [2.24, 2.45) is 7.05 Å². The van der Waals surface area contributed by atoms with E-state index in [0.29, 0.717) is 6.54 Å². The molecule has 2 aromatic heterocycles. The van der Waals surface area contributed by atoms with Crippen LogP contribution in [0.1, 0.15) is 17.0 Å². The van der Waals surface area contributed by atoms with Gasteiger partial charge in [-0.05, 0) is 24.6 Å². The highest BCUT2D eigenvalue weighted by Crippen LogP contribution is 2.11. The van der Waals surface area contributed by atoms with Gasteiger partial charge in [-0.25, -0.2) is 9.78 Å². The molecule has 2 N–H and O–H groups in total. The van der Waals surface area contributed by atoms with E-state index in [9.17, 15) is 14.4 Å². The van der Waals surface area contributed by atoms with Crippen molar-refractivity contribution in [2.75, 3.05) is 0 Å². The lowest BCUT2D eigenvalue weighted by Crippen LogP contribution is -2.36. The Morgan fingerprint density at radius 3 is 2.62 bits per heavy atom. The highest BCUT2D eigenvalue weighted by molar-refractivity contribution is 5.78. The third-order valence-corrected chi connectivity index (χ3v) is 4.13. The van der Waals surface area contributed by atoms with Crippen LogP contribution in [0.25, 0.3) is 5.69 Å². The Hall–Kier alpha value is -3.42. The summed E-state index contributed by atoms with van der Waals surface area (Å²) in [6.45, 7) is 2.28. The summed E-state index contributed by atoms with van der Waals surface area (Å²) < 4.78 is 2.91. The molecule has 0 aliphatic carbocycles. The van der Waals surface area contributed by atoms with Gasteiger partial charge in [0.1, 0.15) is 5.82 Å². The van der Waals surface area contributed by atoms with Gasteiger partial charge in [0.05, 0.1) is 6.42 Å². The van der Waals surface area contributed by atoms with Gasteiger partial charge in [0, 0.05) is 43.4 Å². The fraction of sp³-hybridized carbons (Fsp3) is 0.222. The van der Waals surface area contributed by atoms with Crippen LogP contribution in [0.2, 0.25) is 0 Å². The van der Waals surface area contributed by atoms with Crippen LogP contribution in [0.5, 0.6) is 0 Å². The molecule has 2 heterocycles. The van der Waals surface area contributed by atoms with Gasteiger partial charge >= 0.3 is 5.69 Å². The van der Waals surface area contributed by atoms with E-state index in [1.165, 1.54) is 13.2 Å². The molecule has 0 saturated heterocycles. The second-order valence-corrected chi connectivity index (χ2v) is 5.95. The first-order chi connectivity index (χ1) is 12.5. The molecular weight excluding hydrogens is 334 g/mol. The van der Waals surface area contributed by atoms with Gasteiger partial charge in [-0.15, -0.1) is 0 Å². The zero-order valence-electron chi connectivity index (χ0n) is 14.5. The smallest absolute Gasteiger partial charge is 0.328 e. The molecule has 0 bridgehead atoms. The topological polar surface area (TPSA) is 102 Å². The number of rotatable bonds is 5. The van der Waals surface area contributed by atoms with Crippen LogP contribution in [-0.4, -0.2) is 25.0 Å². The number of imidazole rings is 1. The molecule has 26 heavy (non-hydrogen) atoms. The second kappa shape index (κ2) is 7.22. The van der Waals surface area contributed by atoms with E-state index in [2.05, 4.69) is 15.3 Å². The monoisotopic (exact) mass is 353 g/mol. The standard InChI is InChI=1S/C18H19N5O3/c1-12-19-7-8-23(12)15-5-3-13(4-6-15)10-20-16(24)9-14-11-21-18(26)22(2)17(14)25/h3-8,11H,9-10H2,1-2H3,(H,20,24)(H,21,26). The first-order valence-corrected chi connectivity index (χ1v) is 8.09. The van der Waals surface area contributed by atoms with Crippen molar-refractivity contribution in [3.63, 3.8) is 0 Å². The molecule has 8 heteroatoms. The summed E-state index contributed by atoms with van der Waals surface area (Å²) in [5.74, 6) is 0.609. The Labute approximate surface area is 149 Å². The molecule has 134 valence electrons. The summed E-state index contributed by atoms with van der Waals surface area (Å²) in [7, 11) is 1.37. The number of aromatic amines is 1. The van der Waals surface area contributed by atoms with Gasteiger partial charge in [0.15, 0.2) is 0 Å². The number of amides is 1. The van der Waals surface area contributed by atoms with Gasteiger partial charge in [0.2, 0.25) is 5.91 Å². The maximum Gasteiger partial charge on any atom is 0.328 e. The van der Waals surface area contributed by atoms with E-state index in [0.717, 1.165) is 21.6 Å². The highest BCUT2D eigenvalue weighted by atomic mass is 16.2. The molecule has 0 aliphatic heterocycles. The number of benzene rings is 1. The molecule has 3 aromatic rings. The maximum atomic E-state index is 12.1. The van der Waals surface area contributed by atoms with Crippen LogP contribution < -0.4 is 16.6 Å². The minimum absolute atomic E-state index is 0.0875. The number of hydrogen-bond donors (Lipinski definition) is 2. The molecule has 0 atom stereocenters. The van der Waals surface area contributed by atoms with Crippen LogP contribution in [0.15, 0.2) is 52.4 Å². The average Bonchev–Trinajstić information content (AvgIpc) is 3.07. The van der Waals surface area contributed by atoms with E-state index < -0.39 is 11.2 Å². The molecular formula is C18H19N5O3. The molecule has 0 saturated carbocycles. The molecule has 1 amide bonds. The average molecular weight is 353 g/mol. The van der Waals surface area contributed by atoms with Gasteiger partial charge in [-0.3, -0.25) is 14.2 Å². The summed E-state index contributed by atoms with van der Waals surface area (Å²) in [6, 6.07) is 7.75. The maximum absolute atomic E-state index is 12.1. The summed E-state index contributed by atoms with van der Waals surface area (Å²) in [5.41, 5.74) is 1.20. The largest absolute Gasteiger partial charge is 0.352 e. The van der Waals surface area contributed by atoms with Gasteiger partial charge in [-0.1, -0.05) is 12.1 Å². The number of carbonyl (C=O) groups is 1. The van der Waals surface area contributed by atoms with Crippen LogP contribution in [0, 0.1) is 6.92 Å². The lowest BCUT2D eigenvalue weighted by molar-refractivity contribution is -0.120. The molecule has 1 aromatic carbocycles. The van der Waals surface area contributed by atoms with Crippen molar-refractivity contribution >= 4 is 5.91 Å². The third-order valence-electron chi connectivity index (χ3n) is 4.13. The van der Waals surface area contributed by atoms with E-state index >= 15 is 0 Å². The first-order valence-electron chi connectivity index (χ1n) is 8.09. The Bertz CT molecular complexity index is 1040. The number of carbonyl (C=O) groups excluding carboxylic acids is 1. The van der Waals surface area contributed by atoms with Crippen molar-refractivity contribution in [1.29, 1.82) is 0 Å². The molecule has 0 unspecified atom stereocenters. The van der Waals surface area contributed by atoms with Gasteiger partial charge < -0.3 is 14.9 Å². The predicted molar refractivity (Wildman–Crippen MR) is 96.2 cm³/mol. The second-order valence-electron chi connectivity index (χ2n) is 5.95. The Balaban J connectivity index is 1.61. The number of nitrogens with one attached hydrogen (secondary N) is 2. The minimum atomic E-state index is -0.507. The number of hydrogen-bond acceptors (Lipinski definition) is 4. The van der Waals surface area contributed by atoms with Crippen LogP contribution in [0.4, 0.5) is 0 Å². The molecule has 0 radical (unpaired) electrons. The molecule has 0 fully saturated rings. The van der Waals surface area contributed by atoms with Crippen LogP contribution >= 0.6 is 0 Å². The number of H-pyrrole nitrogens is 1. The normalized spacial score (nSPS) is 10.7. The van der Waals surface area contributed by atoms with Crippen molar-refractivity contribution in [1.82, 2.24) is 24.4 Å². The van der Waals surface area contributed by atoms with Crippen molar-refractivity contribution < 1.29 is 4.79 Å². The van der Waals surface area contributed by atoms with E-state index in [-0.39, 0.29) is 17.9 Å². The number of aromatic nitrogens is 4. The summed E-state index contributed by atoms with van der Waals surface area (Å²) in [4.78, 5) is 41.9. The lowest BCUT2D eigenvalue weighted by atomic mass is 10.2. The Morgan fingerprint density at radius 2 is 1.96 bits per heavy atom. The SMILES string of the molecule is Cc1nccn1-c1ccc(CNC(=O)Cc2c[nH]c(=O)n(C)c2=O)cc1. The van der Waals surface area contributed by atoms with Crippen LogP contribution in [-0.2, 0) is 24.8 Å². The van der Waals surface area contributed by atoms with E-state index in [1.54, 1.807) is 6.20 Å². The fourth-order valence-electron chi connectivity index (χ4n) is 2.60. The van der Waals surface area contributed by atoms with Crippen molar-refractivity contribution in [3.05, 3.63) is 80.6 Å². The lowest BCUT2D eigenvalue weighted by Gasteiger charge is -2.08. The molecule has 8 nitrogen and oxygen atoms in total. The van der Waals surface area contributed by atoms with Gasteiger partial charge in [-0.2, -0.15) is 0 Å². The zero-order chi connectivity index (χ0) is 18.7.